The Bertz CT molecular complexity index is 320. The molecule has 0 saturated heterocycles. The highest BCUT2D eigenvalue weighted by atomic mass is 16.5. The number of ether oxygens (including phenoxy) is 1. The Morgan fingerprint density at radius 2 is 1.71 bits per heavy atom. The fraction of sp³-hybridized carbons (Fsp3) is 0.600. The number of likely N-dealkylation sites (N-methyl/N-ethyl adjacent to an activating group) is 1. The third-order valence-electron chi connectivity index (χ3n) is 3.54. The largest absolute Gasteiger partial charge is 0.489 e. The number of hydrogen-bond acceptors (Lipinski definition) is 2. The van der Waals surface area contributed by atoms with Gasteiger partial charge in [-0.3, -0.25) is 0 Å². The first kappa shape index (κ1) is 14.0. The normalized spacial score (nSPS) is 16.3. The molecule has 17 heavy (non-hydrogen) atoms. The van der Waals surface area contributed by atoms with E-state index < -0.39 is 0 Å². The van der Waals surface area contributed by atoms with Crippen LogP contribution in [0.1, 0.15) is 45.6 Å². The summed E-state index contributed by atoms with van der Waals surface area (Å²) in [4.78, 5) is 0. The Balaban J connectivity index is 2.62. The van der Waals surface area contributed by atoms with E-state index in [-0.39, 0.29) is 6.10 Å². The molecule has 3 unspecified atom stereocenters. The van der Waals surface area contributed by atoms with E-state index in [1.54, 1.807) is 0 Å². The van der Waals surface area contributed by atoms with Crippen molar-refractivity contribution >= 4 is 0 Å². The average molecular weight is 235 g/mol. The molecule has 1 rings (SSSR count). The number of rotatable bonds is 6. The van der Waals surface area contributed by atoms with Gasteiger partial charge in [0.15, 0.2) is 0 Å². The Hall–Kier alpha value is -1.02. The van der Waals surface area contributed by atoms with Crippen LogP contribution in [0.15, 0.2) is 24.3 Å². The van der Waals surface area contributed by atoms with E-state index in [1.165, 1.54) is 12.0 Å². The average Bonchev–Trinajstić information content (AvgIpc) is 2.37. The molecule has 2 heteroatoms. The first-order chi connectivity index (χ1) is 8.08. The maximum atomic E-state index is 5.87. The maximum absolute atomic E-state index is 5.87. The molecule has 0 bridgehead atoms. The molecule has 0 aliphatic carbocycles. The summed E-state index contributed by atoms with van der Waals surface area (Å²) in [6.07, 6.45) is 1.35. The minimum Gasteiger partial charge on any atom is -0.489 e. The summed E-state index contributed by atoms with van der Waals surface area (Å²) in [6.45, 7) is 8.68. The van der Waals surface area contributed by atoms with E-state index in [0.29, 0.717) is 12.0 Å². The molecule has 0 fully saturated rings. The van der Waals surface area contributed by atoms with Crippen LogP contribution in [-0.2, 0) is 0 Å². The molecule has 0 aliphatic rings. The van der Waals surface area contributed by atoms with Crippen molar-refractivity contribution in [2.45, 2.75) is 52.2 Å². The van der Waals surface area contributed by atoms with Crippen molar-refractivity contribution < 1.29 is 4.74 Å². The first-order valence-electron chi connectivity index (χ1n) is 6.52. The van der Waals surface area contributed by atoms with E-state index in [4.69, 9.17) is 4.74 Å². The summed E-state index contributed by atoms with van der Waals surface area (Å²) in [6, 6.07) is 8.82. The molecule has 0 aromatic heterocycles. The molecule has 1 N–H and O–H groups in total. The summed E-state index contributed by atoms with van der Waals surface area (Å²) < 4.78 is 5.87. The highest BCUT2D eigenvalue weighted by Crippen LogP contribution is 2.22. The van der Waals surface area contributed by atoms with Crippen LogP contribution in [0.4, 0.5) is 0 Å². The number of hydrogen-bond donors (Lipinski definition) is 1. The predicted octanol–water partition coefficient (Wildman–Crippen LogP) is 3.58. The zero-order valence-electron chi connectivity index (χ0n) is 11.7. The number of nitrogens with one attached hydrogen (secondary N) is 1. The minimum atomic E-state index is 0.175. The first-order valence-corrected chi connectivity index (χ1v) is 6.52. The fourth-order valence-electron chi connectivity index (χ4n) is 1.66. The van der Waals surface area contributed by atoms with Crippen LogP contribution in [0.2, 0.25) is 0 Å². The molecule has 3 atom stereocenters. The standard InChI is InChI=1S/C15H25NO/c1-6-11(2)14-7-9-15(10-8-14)17-13(4)12(3)16-5/h7-13,16H,6H2,1-5H3. The van der Waals surface area contributed by atoms with Crippen LogP contribution in [0.25, 0.3) is 0 Å². The van der Waals surface area contributed by atoms with Gasteiger partial charge in [0.05, 0.1) is 0 Å². The third-order valence-corrected chi connectivity index (χ3v) is 3.54. The molecule has 1 aromatic rings. The highest BCUT2D eigenvalue weighted by molar-refractivity contribution is 5.29. The van der Waals surface area contributed by atoms with Crippen molar-refractivity contribution in [3.63, 3.8) is 0 Å². The molecule has 96 valence electrons. The Labute approximate surface area is 105 Å². The van der Waals surface area contributed by atoms with Gasteiger partial charge in [0, 0.05) is 6.04 Å². The second-order valence-electron chi connectivity index (χ2n) is 4.78. The summed E-state index contributed by atoms with van der Waals surface area (Å²) in [7, 11) is 1.95. The lowest BCUT2D eigenvalue weighted by atomic mass is 9.99. The van der Waals surface area contributed by atoms with Crippen LogP contribution >= 0.6 is 0 Å². The second-order valence-corrected chi connectivity index (χ2v) is 4.78. The summed E-state index contributed by atoms with van der Waals surface area (Å²) in [5.41, 5.74) is 1.38. The van der Waals surface area contributed by atoms with E-state index in [0.717, 1.165) is 5.75 Å². The Morgan fingerprint density at radius 1 is 1.12 bits per heavy atom. The lowest BCUT2D eigenvalue weighted by Gasteiger charge is -2.21. The smallest absolute Gasteiger partial charge is 0.119 e. The minimum absolute atomic E-state index is 0.175. The molecular formula is C15H25NO. The lowest BCUT2D eigenvalue weighted by molar-refractivity contribution is 0.182. The van der Waals surface area contributed by atoms with Gasteiger partial charge in [-0.15, -0.1) is 0 Å². The maximum Gasteiger partial charge on any atom is 0.119 e. The SMILES string of the molecule is CCC(C)c1ccc(OC(C)C(C)NC)cc1. The van der Waals surface area contributed by atoms with E-state index in [2.05, 4.69) is 57.3 Å². The van der Waals surface area contributed by atoms with Gasteiger partial charge in [-0.25, -0.2) is 0 Å². The summed E-state index contributed by atoms with van der Waals surface area (Å²) >= 11 is 0. The topological polar surface area (TPSA) is 21.3 Å². The van der Waals surface area contributed by atoms with Crippen LogP contribution in [0.5, 0.6) is 5.75 Å². The van der Waals surface area contributed by atoms with Crippen molar-refractivity contribution in [3.8, 4) is 5.75 Å². The van der Waals surface area contributed by atoms with E-state index >= 15 is 0 Å². The van der Waals surface area contributed by atoms with Gasteiger partial charge in [0.25, 0.3) is 0 Å². The van der Waals surface area contributed by atoms with Crippen molar-refractivity contribution in [1.82, 2.24) is 5.32 Å². The van der Waals surface area contributed by atoms with Crippen molar-refractivity contribution in [1.29, 1.82) is 0 Å². The molecule has 0 saturated carbocycles. The molecule has 0 heterocycles. The van der Waals surface area contributed by atoms with Crippen molar-refractivity contribution in [2.24, 2.45) is 0 Å². The number of benzene rings is 1. The van der Waals surface area contributed by atoms with Gasteiger partial charge in [0.2, 0.25) is 0 Å². The summed E-state index contributed by atoms with van der Waals surface area (Å²) in [5, 5.41) is 3.20. The van der Waals surface area contributed by atoms with Gasteiger partial charge in [-0.05, 0) is 50.9 Å². The van der Waals surface area contributed by atoms with Crippen molar-refractivity contribution in [2.75, 3.05) is 7.05 Å². The Kier molecular flexibility index (Phi) is 5.49. The lowest BCUT2D eigenvalue weighted by Crippen LogP contribution is -2.36. The molecule has 1 aromatic carbocycles. The molecular weight excluding hydrogens is 210 g/mol. The van der Waals surface area contributed by atoms with Crippen LogP contribution in [0, 0.1) is 0 Å². The van der Waals surface area contributed by atoms with Gasteiger partial charge in [0.1, 0.15) is 11.9 Å². The molecule has 0 aliphatic heterocycles. The fourth-order valence-corrected chi connectivity index (χ4v) is 1.66. The quantitative estimate of drug-likeness (QED) is 0.814. The van der Waals surface area contributed by atoms with Crippen LogP contribution in [0.3, 0.4) is 0 Å². The van der Waals surface area contributed by atoms with Gasteiger partial charge in [-0.2, -0.15) is 0 Å². The predicted molar refractivity (Wildman–Crippen MR) is 73.8 cm³/mol. The van der Waals surface area contributed by atoms with E-state index in [9.17, 15) is 0 Å². The van der Waals surface area contributed by atoms with Gasteiger partial charge < -0.3 is 10.1 Å². The molecule has 0 spiro atoms. The Morgan fingerprint density at radius 3 is 2.18 bits per heavy atom. The monoisotopic (exact) mass is 235 g/mol. The van der Waals surface area contributed by atoms with Crippen LogP contribution < -0.4 is 10.1 Å². The zero-order valence-corrected chi connectivity index (χ0v) is 11.7. The molecule has 2 nitrogen and oxygen atoms in total. The highest BCUT2D eigenvalue weighted by Gasteiger charge is 2.11. The summed E-state index contributed by atoms with van der Waals surface area (Å²) in [5.74, 6) is 1.57. The molecule has 0 amide bonds. The van der Waals surface area contributed by atoms with Crippen molar-refractivity contribution in [3.05, 3.63) is 29.8 Å². The third kappa shape index (κ3) is 4.04. The second kappa shape index (κ2) is 6.65. The zero-order chi connectivity index (χ0) is 12.8. The van der Waals surface area contributed by atoms with Crippen LogP contribution in [-0.4, -0.2) is 19.2 Å². The molecule has 0 radical (unpaired) electrons. The van der Waals surface area contributed by atoms with E-state index in [1.807, 2.05) is 7.05 Å². The van der Waals surface area contributed by atoms with Gasteiger partial charge >= 0.3 is 0 Å². The van der Waals surface area contributed by atoms with Gasteiger partial charge in [-0.1, -0.05) is 26.0 Å².